The molecule has 2 aromatic rings. The molecule has 2 aliphatic heterocycles. The highest BCUT2D eigenvalue weighted by Gasteiger charge is 2.20. The van der Waals surface area contributed by atoms with Crippen LogP contribution >= 0.6 is 0 Å². The second kappa shape index (κ2) is 6.26. The maximum Gasteiger partial charge on any atom is 0.111 e. The van der Waals surface area contributed by atoms with Gasteiger partial charge in [0.25, 0.3) is 0 Å². The molecule has 1 aromatic carbocycles. The van der Waals surface area contributed by atoms with Crippen LogP contribution in [0, 0.1) is 0 Å². The number of hydrogen-bond donors (Lipinski definition) is 0. The first kappa shape index (κ1) is 14.6. The summed E-state index contributed by atoms with van der Waals surface area (Å²) < 4.78 is 7.41. The van der Waals surface area contributed by atoms with Crippen LogP contribution in [0.1, 0.15) is 22.5 Å². The number of hydrogen-bond acceptors (Lipinski definition) is 4. The Morgan fingerprint density at radius 1 is 1.17 bits per heavy atom. The fourth-order valence-corrected chi connectivity index (χ4v) is 3.32. The van der Waals surface area contributed by atoms with Gasteiger partial charge in [-0.3, -0.25) is 14.6 Å². The van der Waals surface area contributed by atoms with Crippen molar-refractivity contribution >= 4 is 5.71 Å². The number of rotatable bonds is 3. The van der Waals surface area contributed by atoms with Crippen molar-refractivity contribution in [2.75, 3.05) is 32.8 Å². The number of morpholine rings is 1. The van der Waals surface area contributed by atoms with E-state index in [-0.39, 0.29) is 0 Å². The van der Waals surface area contributed by atoms with E-state index in [4.69, 9.17) is 14.8 Å². The quantitative estimate of drug-likeness (QED) is 0.866. The normalized spacial score (nSPS) is 18.6. The molecule has 2 aliphatic rings. The smallest absolute Gasteiger partial charge is 0.111 e. The first-order valence-corrected chi connectivity index (χ1v) is 8.27. The first-order valence-electron chi connectivity index (χ1n) is 8.27. The van der Waals surface area contributed by atoms with Crippen molar-refractivity contribution in [1.82, 2.24) is 14.7 Å². The molecule has 0 saturated carbocycles. The zero-order valence-electron chi connectivity index (χ0n) is 13.5. The third kappa shape index (κ3) is 2.94. The van der Waals surface area contributed by atoms with Gasteiger partial charge in [-0.05, 0) is 18.1 Å². The Labute approximate surface area is 136 Å². The topological polar surface area (TPSA) is 42.7 Å². The van der Waals surface area contributed by atoms with Crippen molar-refractivity contribution in [3.63, 3.8) is 0 Å². The summed E-state index contributed by atoms with van der Waals surface area (Å²) >= 11 is 0. The minimum atomic E-state index is 0.824. The number of aliphatic imine (C=N–C) groups is 1. The van der Waals surface area contributed by atoms with Gasteiger partial charge in [0.2, 0.25) is 0 Å². The molecule has 1 fully saturated rings. The summed E-state index contributed by atoms with van der Waals surface area (Å²) in [6.45, 7) is 5.40. The summed E-state index contributed by atoms with van der Waals surface area (Å²) in [5, 5.41) is 4.73. The molecular weight excluding hydrogens is 288 g/mol. The number of benzene rings is 1. The third-order valence-corrected chi connectivity index (χ3v) is 4.63. The van der Waals surface area contributed by atoms with Crippen LogP contribution in [-0.4, -0.2) is 53.2 Å². The molecule has 4 rings (SSSR count). The Hall–Kier alpha value is -1.98. The summed E-state index contributed by atoms with van der Waals surface area (Å²) in [5.41, 5.74) is 5.86. The molecule has 0 unspecified atom stereocenters. The average Bonchev–Trinajstić information content (AvgIpc) is 2.96. The van der Waals surface area contributed by atoms with Crippen LogP contribution in [0.3, 0.4) is 0 Å². The Morgan fingerprint density at radius 2 is 2.00 bits per heavy atom. The lowest BCUT2D eigenvalue weighted by molar-refractivity contribution is 0.0331. The highest BCUT2D eigenvalue weighted by atomic mass is 16.5. The highest BCUT2D eigenvalue weighted by Crippen LogP contribution is 2.20. The third-order valence-electron chi connectivity index (χ3n) is 4.63. The molecule has 5 heteroatoms. The molecule has 0 bridgehead atoms. The van der Waals surface area contributed by atoms with E-state index < -0.39 is 0 Å². The Balaban J connectivity index is 1.60. The van der Waals surface area contributed by atoms with Gasteiger partial charge < -0.3 is 4.74 Å². The predicted molar refractivity (Wildman–Crippen MR) is 90.0 cm³/mol. The van der Waals surface area contributed by atoms with Crippen molar-refractivity contribution < 1.29 is 4.74 Å². The molecule has 0 spiro atoms. The van der Waals surface area contributed by atoms with E-state index in [1.165, 1.54) is 16.8 Å². The van der Waals surface area contributed by atoms with Crippen LogP contribution in [0.2, 0.25) is 0 Å². The van der Waals surface area contributed by atoms with E-state index >= 15 is 0 Å². The number of fused-ring (bicyclic) bond motifs is 1. The van der Waals surface area contributed by atoms with Gasteiger partial charge in [0.15, 0.2) is 0 Å². The molecular formula is C18H22N4O. The van der Waals surface area contributed by atoms with Crippen LogP contribution in [0.4, 0.5) is 0 Å². The zero-order chi connectivity index (χ0) is 15.6. The molecule has 3 heterocycles. The van der Waals surface area contributed by atoms with Crippen molar-refractivity contribution in [3.8, 4) is 0 Å². The molecule has 0 radical (unpaired) electrons. The van der Waals surface area contributed by atoms with E-state index in [1.54, 1.807) is 0 Å². The first-order chi connectivity index (χ1) is 11.3. The fraction of sp³-hybridized carbons (Fsp3) is 0.444. The summed E-state index contributed by atoms with van der Waals surface area (Å²) in [5.74, 6) is 0. The molecule has 0 atom stereocenters. The van der Waals surface area contributed by atoms with E-state index in [2.05, 4.69) is 35.2 Å². The minimum Gasteiger partial charge on any atom is -0.379 e. The summed E-state index contributed by atoms with van der Waals surface area (Å²) in [4.78, 5) is 7.17. The van der Waals surface area contributed by atoms with Gasteiger partial charge in [-0.15, -0.1) is 0 Å². The van der Waals surface area contributed by atoms with E-state index in [9.17, 15) is 0 Å². The largest absolute Gasteiger partial charge is 0.379 e. The second-order valence-electron chi connectivity index (χ2n) is 6.17. The Morgan fingerprint density at radius 3 is 2.87 bits per heavy atom. The van der Waals surface area contributed by atoms with Crippen LogP contribution in [0.5, 0.6) is 0 Å². The van der Waals surface area contributed by atoms with E-state index in [0.717, 1.165) is 57.2 Å². The van der Waals surface area contributed by atoms with Crippen LogP contribution < -0.4 is 0 Å². The van der Waals surface area contributed by atoms with Crippen molar-refractivity contribution in [2.45, 2.75) is 13.0 Å². The lowest BCUT2D eigenvalue weighted by Crippen LogP contribution is -2.36. The second-order valence-corrected chi connectivity index (χ2v) is 6.17. The minimum absolute atomic E-state index is 0.824. The van der Waals surface area contributed by atoms with Crippen molar-refractivity contribution in [2.24, 2.45) is 12.0 Å². The van der Waals surface area contributed by atoms with E-state index in [0.29, 0.717) is 0 Å². The van der Waals surface area contributed by atoms with Crippen molar-refractivity contribution in [1.29, 1.82) is 0 Å². The van der Waals surface area contributed by atoms with Gasteiger partial charge in [0.05, 0.1) is 24.6 Å². The average molecular weight is 310 g/mol. The molecule has 0 amide bonds. The van der Waals surface area contributed by atoms with E-state index in [1.807, 2.05) is 11.7 Å². The highest BCUT2D eigenvalue weighted by molar-refractivity contribution is 6.13. The molecule has 5 nitrogen and oxygen atoms in total. The summed E-state index contributed by atoms with van der Waals surface area (Å²) in [6.07, 6.45) is 1.02. The van der Waals surface area contributed by atoms with Crippen LogP contribution in [0.25, 0.3) is 0 Å². The summed E-state index contributed by atoms with van der Waals surface area (Å²) in [6, 6.07) is 10.7. The Kier molecular flexibility index (Phi) is 3.97. The maximum atomic E-state index is 5.42. The molecule has 23 heavy (non-hydrogen) atoms. The lowest BCUT2D eigenvalue weighted by atomic mass is 9.96. The van der Waals surface area contributed by atoms with Gasteiger partial charge in [0.1, 0.15) is 5.69 Å². The van der Waals surface area contributed by atoms with Gasteiger partial charge in [-0.1, -0.05) is 24.3 Å². The monoisotopic (exact) mass is 310 g/mol. The van der Waals surface area contributed by atoms with Crippen LogP contribution in [0.15, 0.2) is 35.3 Å². The van der Waals surface area contributed by atoms with Gasteiger partial charge in [-0.2, -0.15) is 5.10 Å². The molecule has 120 valence electrons. The number of nitrogens with zero attached hydrogens (tertiary/aromatic N) is 4. The fourth-order valence-electron chi connectivity index (χ4n) is 3.32. The van der Waals surface area contributed by atoms with Gasteiger partial charge in [0, 0.05) is 38.8 Å². The maximum absolute atomic E-state index is 5.42. The SMILES string of the molecule is Cn1nc(C2=NCCc3ccccc32)cc1CN1CCOCC1. The molecule has 0 N–H and O–H groups in total. The number of aryl methyl sites for hydroxylation is 1. The molecule has 1 aromatic heterocycles. The zero-order valence-corrected chi connectivity index (χ0v) is 13.5. The van der Waals surface area contributed by atoms with Crippen LogP contribution in [-0.2, 0) is 24.8 Å². The predicted octanol–water partition coefficient (Wildman–Crippen LogP) is 1.65. The summed E-state index contributed by atoms with van der Waals surface area (Å²) in [7, 11) is 2.02. The van der Waals surface area contributed by atoms with Gasteiger partial charge in [-0.25, -0.2) is 0 Å². The number of aromatic nitrogens is 2. The van der Waals surface area contributed by atoms with Gasteiger partial charge >= 0.3 is 0 Å². The molecule has 1 saturated heterocycles. The number of ether oxygens (including phenoxy) is 1. The molecule has 0 aliphatic carbocycles. The Bertz CT molecular complexity index is 728. The van der Waals surface area contributed by atoms with Crippen molar-refractivity contribution in [3.05, 3.63) is 52.8 Å². The lowest BCUT2D eigenvalue weighted by Gasteiger charge is -2.26. The standard InChI is InChI=1S/C18H22N4O/c1-21-15(13-22-8-10-23-11-9-22)12-17(20-21)18-16-5-3-2-4-14(16)6-7-19-18/h2-5,12H,6-11,13H2,1H3.